The Morgan fingerprint density at radius 3 is 2.71 bits per heavy atom. The van der Waals surface area contributed by atoms with E-state index in [4.69, 9.17) is 9.15 Å². The summed E-state index contributed by atoms with van der Waals surface area (Å²) in [6, 6.07) is 3.53. The molecular weight excluding hydrogens is 461 g/mol. The van der Waals surface area contributed by atoms with Crippen molar-refractivity contribution in [3.8, 4) is 5.88 Å². The molecule has 1 aliphatic carbocycles. The largest absolute Gasteiger partial charge is 0.472 e. The summed E-state index contributed by atoms with van der Waals surface area (Å²) in [5.41, 5.74) is 0.763. The van der Waals surface area contributed by atoms with Crippen molar-refractivity contribution in [2.75, 3.05) is 26.2 Å². The summed E-state index contributed by atoms with van der Waals surface area (Å²) < 4.78 is 50.6. The first-order valence-corrected chi connectivity index (χ1v) is 12.4. The van der Waals surface area contributed by atoms with Gasteiger partial charge in [-0.1, -0.05) is 6.07 Å². The summed E-state index contributed by atoms with van der Waals surface area (Å²) in [5.74, 6) is 1.28. The number of aromatic nitrogens is 3. The molecule has 0 radical (unpaired) electrons. The number of Topliss-reactive ketones (excluding diaryl/α,β-unsaturated/α-hetero) is 1. The van der Waals surface area contributed by atoms with E-state index in [1.54, 1.807) is 13.0 Å². The molecular formula is C25H33F3N4O3. The molecule has 0 saturated heterocycles. The fraction of sp³-hybridized carbons (Fsp3) is 0.680. The zero-order valence-electron chi connectivity index (χ0n) is 20.1. The van der Waals surface area contributed by atoms with Crippen LogP contribution in [0.2, 0.25) is 0 Å². The Balaban J connectivity index is 1.19. The van der Waals surface area contributed by atoms with E-state index in [9.17, 15) is 13.6 Å². The van der Waals surface area contributed by atoms with Crippen molar-refractivity contribution in [2.45, 2.75) is 76.8 Å². The van der Waals surface area contributed by atoms with Crippen LogP contribution in [0.1, 0.15) is 61.6 Å². The van der Waals surface area contributed by atoms with Crippen LogP contribution in [-0.4, -0.2) is 64.2 Å². The van der Waals surface area contributed by atoms with Crippen molar-refractivity contribution in [1.29, 1.82) is 0 Å². The van der Waals surface area contributed by atoms with Gasteiger partial charge in [0.05, 0.1) is 6.42 Å². The van der Waals surface area contributed by atoms with Gasteiger partial charge >= 0.3 is 0 Å². The zero-order chi connectivity index (χ0) is 24.8. The minimum Gasteiger partial charge on any atom is -0.472 e. The number of ether oxygens (including phenoxy) is 1. The Morgan fingerprint density at radius 1 is 1.23 bits per heavy atom. The van der Waals surface area contributed by atoms with E-state index in [1.807, 2.05) is 6.07 Å². The normalized spacial score (nSPS) is 23.2. The van der Waals surface area contributed by atoms with Gasteiger partial charge in [0.1, 0.15) is 11.5 Å². The third-order valence-corrected chi connectivity index (χ3v) is 7.07. The fourth-order valence-corrected chi connectivity index (χ4v) is 5.04. The molecule has 35 heavy (non-hydrogen) atoms. The van der Waals surface area contributed by atoms with E-state index in [1.165, 1.54) is 0 Å². The van der Waals surface area contributed by atoms with E-state index >= 15 is 4.39 Å². The van der Waals surface area contributed by atoms with Crippen molar-refractivity contribution in [3.63, 3.8) is 0 Å². The summed E-state index contributed by atoms with van der Waals surface area (Å²) in [4.78, 5) is 19.0. The quantitative estimate of drug-likeness (QED) is 0.487. The van der Waals surface area contributed by atoms with Crippen LogP contribution in [0.25, 0.3) is 0 Å². The molecule has 0 atom stereocenters. The lowest BCUT2D eigenvalue weighted by Gasteiger charge is -2.35. The lowest BCUT2D eigenvalue weighted by molar-refractivity contribution is -0.120. The molecule has 4 rings (SSSR count). The van der Waals surface area contributed by atoms with Crippen molar-refractivity contribution >= 4 is 5.78 Å². The van der Waals surface area contributed by atoms with Gasteiger partial charge in [0.25, 0.3) is 6.43 Å². The van der Waals surface area contributed by atoms with Gasteiger partial charge in [0.15, 0.2) is 6.61 Å². The van der Waals surface area contributed by atoms with E-state index < -0.39 is 18.7 Å². The number of carbonyl (C=O) groups excluding carboxylic acids is 1. The Labute approximate surface area is 203 Å². The minimum atomic E-state index is -2.53. The third kappa shape index (κ3) is 7.49. The second-order valence-electron chi connectivity index (χ2n) is 9.78. The highest BCUT2D eigenvalue weighted by Gasteiger charge is 2.36. The first-order chi connectivity index (χ1) is 16.8. The summed E-state index contributed by atoms with van der Waals surface area (Å²) in [6.45, 7) is 3.26. The molecule has 1 saturated carbocycles. The highest BCUT2D eigenvalue weighted by molar-refractivity contribution is 5.80. The van der Waals surface area contributed by atoms with Gasteiger partial charge in [-0.3, -0.25) is 4.79 Å². The highest BCUT2D eigenvalue weighted by Crippen LogP contribution is 2.39. The first kappa shape index (κ1) is 25.6. The molecule has 7 nitrogen and oxygen atoms in total. The molecule has 1 fully saturated rings. The molecule has 0 bridgehead atoms. The SMILES string of the molecule is Cc1nnc(CC(=O)CC2CCC(F)(CCN3CCc4ccc(OCC(F)F)nc4CC3)CC2)o1. The molecule has 2 aliphatic rings. The van der Waals surface area contributed by atoms with Crippen molar-refractivity contribution in [3.05, 3.63) is 35.2 Å². The summed E-state index contributed by atoms with van der Waals surface area (Å²) in [6.07, 6.45) is 2.37. The number of rotatable bonds is 10. The number of alkyl halides is 3. The van der Waals surface area contributed by atoms with Crippen LogP contribution >= 0.6 is 0 Å². The number of aryl methyl sites for hydroxylation is 1. The number of pyridine rings is 1. The van der Waals surface area contributed by atoms with Crippen molar-refractivity contribution < 1.29 is 27.1 Å². The molecule has 0 unspecified atom stereocenters. The second-order valence-corrected chi connectivity index (χ2v) is 9.78. The molecule has 3 heterocycles. The van der Waals surface area contributed by atoms with Crippen molar-refractivity contribution in [1.82, 2.24) is 20.1 Å². The predicted molar refractivity (Wildman–Crippen MR) is 122 cm³/mol. The molecule has 0 spiro atoms. The van der Waals surface area contributed by atoms with E-state index in [0.717, 1.165) is 30.8 Å². The number of fused-ring (bicyclic) bond motifs is 1. The van der Waals surface area contributed by atoms with Crippen LogP contribution in [0.3, 0.4) is 0 Å². The van der Waals surface area contributed by atoms with Gasteiger partial charge in [-0.05, 0) is 50.0 Å². The van der Waals surface area contributed by atoms with E-state index in [0.29, 0.717) is 63.3 Å². The van der Waals surface area contributed by atoms with Gasteiger partial charge in [0, 0.05) is 51.2 Å². The van der Waals surface area contributed by atoms with Gasteiger partial charge < -0.3 is 14.1 Å². The predicted octanol–water partition coefficient (Wildman–Crippen LogP) is 4.31. The van der Waals surface area contributed by atoms with E-state index in [2.05, 4.69) is 20.1 Å². The summed E-state index contributed by atoms with van der Waals surface area (Å²) in [7, 11) is 0. The zero-order valence-corrected chi connectivity index (χ0v) is 20.1. The average Bonchev–Trinajstić information content (AvgIpc) is 3.12. The first-order valence-electron chi connectivity index (χ1n) is 12.4. The van der Waals surface area contributed by atoms with E-state index in [-0.39, 0.29) is 24.0 Å². The van der Waals surface area contributed by atoms with Crippen LogP contribution in [-0.2, 0) is 24.1 Å². The maximum atomic E-state index is 15.5. The number of carbonyl (C=O) groups is 1. The Morgan fingerprint density at radius 2 is 2.00 bits per heavy atom. The van der Waals surface area contributed by atoms with Gasteiger partial charge in [0.2, 0.25) is 17.7 Å². The van der Waals surface area contributed by atoms with Crippen LogP contribution in [0.15, 0.2) is 16.5 Å². The molecule has 2 aromatic heterocycles. The molecule has 1 aliphatic heterocycles. The Hall–Kier alpha value is -2.49. The van der Waals surface area contributed by atoms with Crippen LogP contribution in [0.4, 0.5) is 13.2 Å². The average molecular weight is 495 g/mol. The minimum absolute atomic E-state index is 0.0607. The van der Waals surface area contributed by atoms with Gasteiger partial charge in [-0.25, -0.2) is 18.2 Å². The molecule has 0 aromatic carbocycles. The highest BCUT2D eigenvalue weighted by atomic mass is 19.3. The number of hydrogen-bond donors (Lipinski definition) is 0. The second kappa shape index (κ2) is 11.5. The molecule has 192 valence electrons. The topological polar surface area (TPSA) is 81.4 Å². The number of halogens is 3. The lowest BCUT2D eigenvalue weighted by atomic mass is 9.76. The number of ketones is 1. The summed E-state index contributed by atoms with van der Waals surface area (Å²) >= 11 is 0. The van der Waals surface area contributed by atoms with Crippen LogP contribution in [0.5, 0.6) is 5.88 Å². The monoisotopic (exact) mass is 494 g/mol. The Kier molecular flexibility index (Phi) is 8.41. The van der Waals surface area contributed by atoms with Gasteiger partial charge in [-0.2, -0.15) is 0 Å². The third-order valence-electron chi connectivity index (χ3n) is 7.07. The smallest absolute Gasteiger partial charge is 0.272 e. The lowest BCUT2D eigenvalue weighted by Crippen LogP contribution is -2.36. The molecule has 0 N–H and O–H groups in total. The summed E-state index contributed by atoms with van der Waals surface area (Å²) in [5, 5.41) is 7.61. The molecule has 0 amide bonds. The fourth-order valence-electron chi connectivity index (χ4n) is 5.04. The van der Waals surface area contributed by atoms with Crippen LogP contribution in [0, 0.1) is 12.8 Å². The van der Waals surface area contributed by atoms with Crippen LogP contribution < -0.4 is 4.74 Å². The maximum absolute atomic E-state index is 15.5. The molecule has 2 aromatic rings. The molecule has 10 heteroatoms. The van der Waals surface area contributed by atoms with Crippen molar-refractivity contribution in [2.24, 2.45) is 5.92 Å². The maximum Gasteiger partial charge on any atom is 0.272 e. The van der Waals surface area contributed by atoms with Gasteiger partial charge in [-0.15, -0.1) is 10.2 Å². The Bertz CT molecular complexity index is 992. The standard InChI is InChI=1S/C25H33F3N4O3/c1-17-30-31-24(35-17)15-20(33)14-18-4-8-25(28,9-5-18)10-13-32-11-6-19-2-3-23(34-16-22(26)27)29-21(19)7-12-32/h2-3,18,22H,4-16H2,1H3. The number of hydrogen-bond acceptors (Lipinski definition) is 7. The number of nitrogens with zero attached hydrogens (tertiary/aromatic N) is 4.